The van der Waals surface area contributed by atoms with Crippen LogP contribution in [0.15, 0.2) is 48.7 Å². The van der Waals surface area contributed by atoms with Crippen molar-refractivity contribution in [3.8, 4) is 11.5 Å². The fourth-order valence-corrected chi connectivity index (χ4v) is 4.24. The molecule has 1 aliphatic heterocycles. The molecule has 1 aliphatic rings. The Balaban J connectivity index is 1.63. The number of nitrogens with one attached hydrogen (secondary N) is 1. The molecule has 3 N–H and O–H groups in total. The highest BCUT2D eigenvalue weighted by molar-refractivity contribution is 5.99. The summed E-state index contributed by atoms with van der Waals surface area (Å²) in [6.45, 7) is 4.30. The minimum absolute atomic E-state index is 0.377. The SMILES string of the molecule is Cc1nc2c(C(N)=O)cccn2c1-c1nc2c(c(NCc3ccccc3)n1)CCN(C)C2. The average molecular weight is 428 g/mol. The topological polar surface area (TPSA) is 101 Å². The number of primary amides is 1. The predicted molar refractivity (Wildman–Crippen MR) is 123 cm³/mol. The van der Waals surface area contributed by atoms with Crippen molar-refractivity contribution in [2.75, 3.05) is 18.9 Å². The van der Waals surface area contributed by atoms with Gasteiger partial charge < -0.3 is 16.0 Å². The van der Waals surface area contributed by atoms with E-state index in [-0.39, 0.29) is 0 Å². The van der Waals surface area contributed by atoms with Crippen LogP contribution in [-0.2, 0) is 19.5 Å². The van der Waals surface area contributed by atoms with Crippen LogP contribution in [0.5, 0.6) is 0 Å². The molecule has 4 aromatic rings. The second-order valence-electron chi connectivity index (χ2n) is 8.17. The molecule has 8 nitrogen and oxygen atoms in total. The lowest BCUT2D eigenvalue weighted by atomic mass is 10.1. The Bertz CT molecular complexity index is 1310. The van der Waals surface area contributed by atoms with Gasteiger partial charge in [0, 0.05) is 31.4 Å². The van der Waals surface area contributed by atoms with E-state index in [4.69, 9.17) is 15.7 Å². The van der Waals surface area contributed by atoms with Crippen LogP contribution in [0.25, 0.3) is 17.2 Å². The number of benzene rings is 1. The van der Waals surface area contributed by atoms with Gasteiger partial charge in [-0.05, 0) is 38.1 Å². The molecule has 1 amide bonds. The third-order valence-corrected chi connectivity index (χ3v) is 5.86. The molecule has 4 heterocycles. The number of rotatable bonds is 5. The monoisotopic (exact) mass is 427 g/mol. The number of imidazole rings is 1. The smallest absolute Gasteiger partial charge is 0.252 e. The van der Waals surface area contributed by atoms with Crippen LogP contribution in [0.1, 0.15) is 32.9 Å². The Hall–Kier alpha value is -3.78. The molecule has 5 rings (SSSR count). The molecule has 0 saturated carbocycles. The summed E-state index contributed by atoms with van der Waals surface area (Å²) in [7, 11) is 2.10. The number of anilines is 1. The van der Waals surface area contributed by atoms with Gasteiger partial charge in [-0.25, -0.2) is 15.0 Å². The molecule has 3 aromatic heterocycles. The highest BCUT2D eigenvalue weighted by Crippen LogP contribution is 2.29. The van der Waals surface area contributed by atoms with Crippen LogP contribution in [0.4, 0.5) is 5.82 Å². The van der Waals surface area contributed by atoms with E-state index in [2.05, 4.69) is 34.4 Å². The number of nitrogens with two attached hydrogens (primary N) is 1. The molecule has 0 atom stereocenters. The number of likely N-dealkylation sites (N-methyl/N-ethyl adjacent to an activating group) is 1. The van der Waals surface area contributed by atoms with Gasteiger partial charge in [0.1, 0.15) is 17.2 Å². The van der Waals surface area contributed by atoms with E-state index in [9.17, 15) is 4.79 Å². The van der Waals surface area contributed by atoms with Gasteiger partial charge in [0.15, 0.2) is 5.82 Å². The number of nitrogens with zero attached hydrogens (tertiary/aromatic N) is 5. The summed E-state index contributed by atoms with van der Waals surface area (Å²) in [6.07, 6.45) is 2.75. The summed E-state index contributed by atoms with van der Waals surface area (Å²) < 4.78 is 1.85. The van der Waals surface area contributed by atoms with Crippen LogP contribution < -0.4 is 11.1 Å². The molecular weight excluding hydrogens is 402 g/mol. The highest BCUT2D eigenvalue weighted by Gasteiger charge is 2.24. The van der Waals surface area contributed by atoms with Crippen LogP contribution in [0, 0.1) is 6.92 Å². The number of aryl methyl sites for hydroxylation is 1. The van der Waals surface area contributed by atoms with E-state index in [0.29, 0.717) is 23.6 Å². The Morgan fingerprint density at radius 1 is 1.12 bits per heavy atom. The van der Waals surface area contributed by atoms with Crippen molar-refractivity contribution in [1.82, 2.24) is 24.3 Å². The molecule has 0 unspecified atom stereocenters. The summed E-state index contributed by atoms with van der Waals surface area (Å²) in [6, 6.07) is 13.7. The first-order valence-corrected chi connectivity index (χ1v) is 10.6. The van der Waals surface area contributed by atoms with E-state index in [0.717, 1.165) is 48.0 Å². The molecule has 162 valence electrons. The number of carbonyl (C=O) groups excluding carboxylic acids is 1. The fraction of sp³-hybridized carbons (Fsp3) is 0.250. The lowest BCUT2D eigenvalue weighted by Crippen LogP contribution is -2.29. The van der Waals surface area contributed by atoms with E-state index in [1.165, 1.54) is 5.56 Å². The maximum atomic E-state index is 11.9. The Labute approximate surface area is 186 Å². The van der Waals surface area contributed by atoms with Crippen molar-refractivity contribution < 1.29 is 4.79 Å². The molecule has 32 heavy (non-hydrogen) atoms. The van der Waals surface area contributed by atoms with Crippen LogP contribution in [0.2, 0.25) is 0 Å². The summed E-state index contributed by atoms with van der Waals surface area (Å²) >= 11 is 0. The number of aromatic nitrogens is 4. The van der Waals surface area contributed by atoms with E-state index in [1.807, 2.05) is 35.7 Å². The minimum Gasteiger partial charge on any atom is -0.366 e. The average Bonchev–Trinajstić information content (AvgIpc) is 3.13. The molecular formula is C24H25N7O. The maximum absolute atomic E-state index is 11.9. The van der Waals surface area contributed by atoms with Crippen molar-refractivity contribution >= 4 is 17.4 Å². The number of carbonyl (C=O) groups is 1. The number of hydrogen-bond donors (Lipinski definition) is 2. The van der Waals surface area contributed by atoms with Crippen molar-refractivity contribution in [2.45, 2.75) is 26.4 Å². The zero-order valence-corrected chi connectivity index (χ0v) is 18.2. The van der Waals surface area contributed by atoms with Crippen LogP contribution in [0.3, 0.4) is 0 Å². The summed E-state index contributed by atoms with van der Waals surface area (Å²) in [5, 5.41) is 3.53. The Morgan fingerprint density at radius 3 is 2.72 bits per heavy atom. The summed E-state index contributed by atoms with van der Waals surface area (Å²) in [5.74, 6) is 0.925. The number of fused-ring (bicyclic) bond motifs is 2. The minimum atomic E-state index is -0.509. The summed E-state index contributed by atoms with van der Waals surface area (Å²) in [4.78, 5) is 28.6. The zero-order valence-electron chi connectivity index (χ0n) is 18.2. The number of pyridine rings is 1. The summed E-state index contributed by atoms with van der Waals surface area (Å²) in [5.41, 5.74) is 11.3. The first-order valence-electron chi connectivity index (χ1n) is 10.6. The lowest BCUT2D eigenvalue weighted by molar-refractivity contribution is 0.100. The largest absolute Gasteiger partial charge is 0.366 e. The predicted octanol–water partition coefficient (Wildman–Crippen LogP) is 2.80. The third-order valence-electron chi connectivity index (χ3n) is 5.86. The lowest BCUT2D eigenvalue weighted by Gasteiger charge is -2.26. The number of amides is 1. The molecule has 0 aliphatic carbocycles. The normalized spacial score (nSPS) is 13.8. The van der Waals surface area contributed by atoms with Crippen LogP contribution in [-0.4, -0.2) is 43.8 Å². The van der Waals surface area contributed by atoms with Gasteiger partial charge in [0.05, 0.1) is 17.0 Å². The van der Waals surface area contributed by atoms with Gasteiger partial charge in [-0.1, -0.05) is 30.3 Å². The maximum Gasteiger partial charge on any atom is 0.252 e. The zero-order chi connectivity index (χ0) is 22.2. The van der Waals surface area contributed by atoms with Crippen LogP contribution >= 0.6 is 0 Å². The molecule has 0 fully saturated rings. The van der Waals surface area contributed by atoms with Gasteiger partial charge in [-0.2, -0.15) is 0 Å². The van der Waals surface area contributed by atoms with Crippen molar-refractivity contribution in [2.24, 2.45) is 5.73 Å². The second kappa shape index (κ2) is 8.05. The quantitative estimate of drug-likeness (QED) is 0.508. The van der Waals surface area contributed by atoms with Gasteiger partial charge >= 0.3 is 0 Å². The Morgan fingerprint density at radius 2 is 1.94 bits per heavy atom. The molecule has 8 heteroatoms. The van der Waals surface area contributed by atoms with Gasteiger partial charge in [-0.15, -0.1) is 0 Å². The van der Waals surface area contributed by atoms with Crippen molar-refractivity contribution in [3.63, 3.8) is 0 Å². The van der Waals surface area contributed by atoms with E-state index >= 15 is 0 Å². The third kappa shape index (κ3) is 3.58. The number of hydrogen-bond acceptors (Lipinski definition) is 6. The first kappa shape index (κ1) is 20.1. The van der Waals surface area contributed by atoms with E-state index in [1.54, 1.807) is 12.1 Å². The van der Waals surface area contributed by atoms with Gasteiger partial charge in [-0.3, -0.25) is 9.20 Å². The Kier molecular flexibility index (Phi) is 5.07. The fourth-order valence-electron chi connectivity index (χ4n) is 4.24. The van der Waals surface area contributed by atoms with Crippen molar-refractivity contribution in [1.29, 1.82) is 0 Å². The molecule has 0 spiro atoms. The van der Waals surface area contributed by atoms with Gasteiger partial charge in [0.2, 0.25) is 0 Å². The molecule has 0 radical (unpaired) electrons. The highest BCUT2D eigenvalue weighted by atomic mass is 16.1. The molecule has 0 bridgehead atoms. The molecule has 1 aromatic carbocycles. The standard InChI is InChI=1S/C24H25N7O/c1-15-20(31-11-6-9-18(21(25)32)24(31)27-15)23-28-19-14-30(2)12-10-17(19)22(29-23)26-13-16-7-4-3-5-8-16/h3-9,11H,10,12-14H2,1-2H3,(H2,25,32)(H,26,28,29). The van der Waals surface area contributed by atoms with Crippen molar-refractivity contribution in [3.05, 3.63) is 76.7 Å². The second-order valence-corrected chi connectivity index (χ2v) is 8.17. The molecule has 0 saturated heterocycles. The first-order chi connectivity index (χ1) is 15.5. The van der Waals surface area contributed by atoms with Gasteiger partial charge in [0.25, 0.3) is 5.91 Å². The van der Waals surface area contributed by atoms with E-state index < -0.39 is 5.91 Å².